The molecule has 1 aromatic carbocycles. The Balaban J connectivity index is 2.20. The second-order valence-corrected chi connectivity index (χ2v) is 6.30. The quantitative estimate of drug-likeness (QED) is 0.919. The number of nitrogens with zero attached hydrogens (tertiary/aromatic N) is 1. The van der Waals surface area contributed by atoms with E-state index in [0.717, 1.165) is 5.39 Å². The SMILES string of the molecule is COc1ccc2cc(C(=O)NC(C)(C)C)c(=O)n3c2c1OC3. The molecule has 0 bridgehead atoms. The second kappa shape index (κ2) is 4.76. The fraction of sp³-hybridized carbons (Fsp3) is 0.375. The van der Waals surface area contributed by atoms with Gasteiger partial charge in [0.1, 0.15) is 11.1 Å². The highest BCUT2D eigenvalue weighted by Crippen LogP contribution is 2.38. The van der Waals surface area contributed by atoms with Gasteiger partial charge in [0.15, 0.2) is 18.2 Å². The maximum Gasteiger partial charge on any atom is 0.266 e. The minimum Gasteiger partial charge on any atom is -0.493 e. The predicted octanol–water partition coefficient (Wildman–Crippen LogP) is 1.89. The number of aromatic nitrogens is 1. The average Bonchev–Trinajstić information content (AvgIpc) is 2.87. The van der Waals surface area contributed by atoms with Gasteiger partial charge >= 0.3 is 0 Å². The molecule has 0 fully saturated rings. The van der Waals surface area contributed by atoms with Crippen LogP contribution in [0.4, 0.5) is 0 Å². The number of pyridine rings is 1. The number of hydrogen-bond donors (Lipinski definition) is 1. The molecule has 6 heteroatoms. The van der Waals surface area contributed by atoms with Crippen molar-refractivity contribution in [3.8, 4) is 11.5 Å². The van der Waals surface area contributed by atoms with Crippen LogP contribution in [0, 0.1) is 0 Å². The van der Waals surface area contributed by atoms with Crippen molar-refractivity contribution in [1.82, 2.24) is 9.88 Å². The van der Waals surface area contributed by atoms with Gasteiger partial charge in [-0.25, -0.2) is 0 Å². The Kier molecular flexibility index (Phi) is 3.12. The van der Waals surface area contributed by atoms with E-state index in [1.165, 1.54) is 4.57 Å². The Morgan fingerprint density at radius 3 is 2.73 bits per heavy atom. The second-order valence-electron chi connectivity index (χ2n) is 6.30. The standard InChI is InChI=1S/C16H18N2O4/c1-16(2,3)17-14(19)10-7-9-5-6-11(21-4)13-12(9)18(8-22-13)15(10)20/h5-7H,8H2,1-4H3,(H,17,19). The zero-order valence-electron chi connectivity index (χ0n) is 13.0. The van der Waals surface area contributed by atoms with Gasteiger partial charge in [0.25, 0.3) is 11.5 Å². The van der Waals surface area contributed by atoms with Gasteiger partial charge in [-0.2, -0.15) is 0 Å². The van der Waals surface area contributed by atoms with Crippen LogP contribution in [0.1, 0.15) is 31.1 Å². The third kappa shape index (κ3) is 2.20. The summed E-state index contributed by atoms with van der Waals surface area (Å²) in [6, 6.07) is 5.19. The first kappa shape index (κ1) is 14.4. The lowest BCUT2D eigenvalue weighted by Gasteiger charge is -2.20. The van der Waals surface area contributed by atoms with E-state index in [1.807, 2.05) is 26.8 Å². The molecule has 0 saturated heterocycles. The molecule has 0 spiro atoms. The lowest BCUT2D eigenvalue weighted by molar-refractivity contribution is 0.0917. The molecule has 3 rings (SSSR count). The summed E-state index contributed by atoms with van der Waals surface area (Å²) in [5, 5.41) is 3.58. The summed E-state index contributed by atoms with van der Waals surface area (Å²) in [6.45, 7) is 5.69. The summed E-state index contributed by atoms with van der Waals surface area (Å²) in [5.74, 6) is 0.734. The van der Waals surface area contributed by atoms with Gasteiger partial charge in [-0.05, 0) is 39.0 Å². The van der Waals surface area contributed by atoms with E-state index in [1.54, 1.807) is 19.2 Å². The first-order valence-corrected chi connectivity index (χ1v) is 7.01. The van der Waals surface area contributed by atoms with Crippen molar-refractivity contribution in [2.24, 2.45) is 0 Å². The molecule has 0 radical (unpaired) electrons. The molecule has 1 aromatic heterocycles. The smallest absolute Gasteiger partial charge is 0.266 e. The number of hydrogen-bond acceptors (Lipinski definition) is 4. The molecule has 6 nitrogen and oxygen atoms in total. The molecule has 0 aliphatic carbocycles. The minimum absolute atomic E-state index is 0.0850. The lowest BCUT2D eigenvalue weighted by atomic mass is 10.1. The van der Waals surface area contributed by atoms with Crippen LogP contribution in [-0.2, 0) is 6.73 Å². The molecular formula is C16H18N2O4. The zero-order chi connectivity index (χ0) is 16.1. The Morgan fingerprint density at radius 1 is 1.36 bits per heavy atom. The Morgan fingerprint density at radius 2 is 2.09 bits per heavy atom. The van der Waals surface area contributed by atoms with E-state index in [-0.39, 0.29) is 23.8 Å². The van der Waals surface area contributed by atoms with E-state index in [4.69, 9.17) is 9.47 Å². The molecule has 0 atom stereocenters. The summed E-state index contributed by atoms with van der Waals surface area (Å²) in [6.07, 6.45) is 0. The molecule has 22 heavy (non-hydrogen) atoms. The molecule has 116 valence electrons. The predicted molar refractivity (Wildman–Crippen MR) is 82.6 cm³/mol. The molecule has 0 unspecified atom stereocenters. The van der Waals surface area contributed by atoms with Crippen LogP contribution < -0.4 is 20.3 Å². The number of nitrogens with one attached hydrogen (secondary N) is 1. The van der Waals surface area contributed by atoms with Gasteiger partial charge in [-0.15, -0.1) is 0 Å². The number of ether oxygens (including phenoxy) is 2. The first-order chi connectivity index (χ1) is 10.3. The number of carbonyl (C=O) groups excluding carboxylic acids is 1. The molecule has 1 aliphatic rings. The summed E-state index contributed by atoms with van der Waals surface area (Å²) in [4.78, 5) is 24.9. The summed E-state index contributed by atoms with van der Waals surface area (Å²) in [7, 11) is 1.55. The number of rotatable bonds is 2. The van der Waals surface area contributed by atoms with Crippen LogP contribution in [0.25, 0.3) is 10.9 Å². The fourth-order valence-corrected chi connectivity index (χ4v) is 2.55. The van der Waals surface area contributed by atoms with E-state index in [0.29, 0.717) is 17.0 Å². The van der Waals surface area contributed by atoms with E-state index < -0.39 is 5.54 Å². The Hall–Kier alpha value is -2.50. The van der Waals surface area contributed by atoms with Crippen LogP contribution in [0.2, 0.25) is 0 Å². The molecular weight excluding hydrogens is 284 g/mol. The Labute approximate surface area is 127 Å². The van der Waals surface area contributed by atoms with Crippen molar-refractivity contribution < 1.29 is 14.3 Å². The van der Waals surface area contributed by atoms with E-state index in [2.05, 4.69) is 5.32 Å². The zero-order valence-corrected chi connectivity index (χ0v) is 13.0. The minimum atomic E-state index is -0.412. The molecule has 1 N–H and O–H groups in total. The van der Waals surface area contributed by atoms with Gasteiger partial charge in [-0.1, -0.05) is 0 Å². The number of carbonyl (C=O) groups is 1. The van der Waals surface area contributed by atoms with Crippen molar-refractivity contribution in [2.45, 2.75) is 33.0 Å². The molecule has 1 amide bonds. The molecule has 2 heterocycles. The van der Waals surface area contributed by atoms with Gasteiger partial charge in [0.2, 0.25) is 0 Å². The van der Waals surface area contributed by atoms with Crippen molar-refractivity contribution >= 4 is 16.8 Å². The van der Waals surface area contributed by atoms with Crippen LogP contribution in [0.5, 0.6) is 11.5 Å². The van der Waals surface area contributed by atoms with Crippen molar-refractivity contribution in [3.63, 3.8) is 0 Å². The molecule has 2 aromatic rings. The Bertz CT molecular complexity index is 831. The summed E-state index contributed by atoms with van der Waals surface area (Å²) in [5.41, 5.74) is 0.00683. The molecule has 0 saturated carbocycles. The topological polar surface area (TPSA) is 69.6 Å². The number of benzene rings is 1. The monoisotopic (exact) mass is 302 g/mol. The third-order valence-corrected chi connectivity index (χ3v) is 3.46. The first-order valence-electron chi connectivity index (χ1n) is 7.01. The van der Waals surface area contributed by atoms with Crippen LogP contribution in [0.15, 0.2) is 23.0 Å². The lowest BCUT2D eigenvalue weighted by Crippen LogP contribution is -2.43. The van der Waals surface area contributed by atoms with Gasteiger partial charge < -0.3 is 14.8 Å². The van der Waals surface area contributed by atoms with Crippen LogP contribution in [-0.4, -0.2) is 23.1 Å². The van der Waals surface area contributed by atoms with Crippen molar-refractivity contribution in [1.29, 1.82) is 0 Å². The highest BCUT2D eigenvalue weighted by atomic mass is 16.5. The van der Waals surface area contributed by atoms with Gasteiger partial charge in [0, 0.05) is 10.9 Å². The fourth-order valence-electron chi connectivity index (χ4n) is 2.55. The van der Waals surface area contributed by atoms with E-state index in [9.17, 15) is 9.59 Å². The highest BCUT2D eigenvalue weighted by Gasteiger charge is 2.26. The summed E-state index contributed by atoms with van der Waals surface area (Å²) < 4.78 is 12.3. The van der Waals surface area contributed by atoms with Crippen LogP contribution >= 0.6 is 0 Å². The van der Waals surface area contributed by atoms with Gasteiger partial charge in [0.05, 0.1) is 7.11 Å². The molecule has 1 aliphatic heterocycles. The summed E-state index contributed by atoms with van der Waals surface area (Å²) >= 11 is 0. The number of methoxy groups -OCH3 is 1. The van der Waals surface area contributed by atoms with Crippen LogP contribution in [0.3, 0.4) is 0 Å². The maximum absolute atomic E-state index is 12.6. The van der Waals surface area contributed by atoms with Crippen molar-refractivity contribution in [3.05, 3.63) is 34.1 Å². The number of amides is 1. The third-order valence-electron chi connectivity index (χ3n) is 3.46. The maximum atomic E-state index is 12.6. The van der Waals surface area contributed by atoms with Gasteiger partial charge in [-0.3, -0.25) is 14.2 Å². The normalized spacial score (nSPS) is 13.1. The van der Waals surface area contributed by atoms with Crippen molar-refractivity contribution in [2.75, 3.05) is 7.11 Å². The highest BCUT2D eigenvalue weighted by molar-refractivity contribution is 5.99. The average molecular weight is 302 g/mol. The largest absolute Gasteiger partial charge is 0.493 e. The van der Waals surface area contributed by atoms with E-state index >= 15 is 0 Å².